The summed E-state index contributed by atoms with van der Waals surface area (Å²) in [5.41, 5.74) is 0. The van der Waals surface area contributed by atoms with Crippen molar-refractivity contribution >= 4 is 5.91 Å². The SMILES string of the molecule is Cc1cnc(C(=O)NC[C@@H]2C[C@H]2C2CCC2)o1. The van der Waals surface area contributed by atoms with Crippen molar-refractivity contribution in [3.8, 4) is 0 Å². The number of amides is 1. The molecule has 4 nitrogen and oxygen atoms in total. The predicted octanol–water partition coefficient (Wildman–Crippen LogP) is 2.15. The fourth-order valence-electron chi connectivity index (χ4n) is 2.71. The highest BCUT2D eigenvalue weighted by molar-refractivity contribution is 5.89. The molecule has 17 heavy (non-hydrogen) atoms. The second-order valence-corrected chi connectivity index (χ2v) is 5.34. The second-order valence-electron chi connectivity index (χ2n) is 5.34. The van der Waals surface area contributed by atoms with Crippen molar-refractivity contribution in [3.63, 3.8) is 0 Å². The third-order valence-corrected chi connectivity index (χ3v) is 4.07. The molecule has 1 aromatic rings. The first kappa shape index (κ1) is 10.8. The van der Waals surface area contributed by atoms with E-state index >= 15 is 0 Å². The second kappa shape index (κ2) is 4.17. The van der Waals surface area contributed by atoms with Crippen LogP contribution in [0.25, 0.3) is 0 Å². The molecule has 1 amide bonds. The number of oxazole rings is 1. The number of aryl methyl sites for hydroxylation is 1. The van der Waals surface area contributed by atoms with Gasteiger partial charge in [0.2, 0.25) is 0 Å². The maximum atomic E-state index is 11.7. The molecular weight excluding hydrogens is 216 g/mol. The van der Waals surface area contributed by atoms with E-state index in [2.05, 4.69) is 10.3 Å². The number of rotatable bonds is 4. The van der Waals surface area contributed by atoms with Gasteiger partial charge in [-0.2, -0.15) is 0 Å². The molecule has 3 rings (SSSR count). The molecular formula is C13H18N2O2. The van der Waals surface area contributed by atoms with Crippen LogP contribution < -0.4 is 5.32 Å². The van der Waals surface area contributed by atoms with Crippen LogP contribution in [0.3, 0.4) is 0 Å². The van der Waals surface area contributed by atoms with Crippen molar-refractivity contribution in [2.24, 2.45) is 17.8 Å². The Bertz CT molecular complexity index is 423. The minimum atomic E-state index is -0.183. The van der Waals surface area contributed by atoms with Crippen LogP contribution in [0, 0.1) is 24.7 Å². The average molecular weight is 234 g/mol. The molecule has 92 valence electrons. The molecule has 1 N–H and O–H groups in total. The van der Waals surface area contributed by atoms with E-state index in [0.29, 0.717) is 11.7 Å². The average Bonchev–Trinajstić information content (AvgIpc) is 2.83. The monoisotopic (exact) mass is 234 g/mol. The Morgan fingerprint density at radius 3 is 3.00 bits per heavy atom. The van der Waals surface area contributed by atoms with E-state index in [1.807, 2.05) is 0 Å². The Hall–Kier alpha value is -1.32. The summed E-state index contributed by atoms with van der Waals surface area (Å²) >= 11 is 0. The Labute approximate surface area is 101 Å². The summed E-state index contributed by atoms with van der Waals surface area (Å²) in [5, 5.41) is 2.91. The van der Waals surface area contributed by atoms with E-state index in [0.717, 1.165) is 18.4 Å². The summed E-state index contributed by atoms with van der Waals surface area (Å²) < 4.78 is 5.18. The summed E-state index contributed by atoms with van der Waals surface area (Å²) in [6, 6.07) is 0. The lowest BCUT2D eigenvalue weighted by Gasteiger charge is -2.25. The van der Waals surface area contributed by atoms with Crippen LogP contribution >= 0.6 is 0 Å². The fraction of sp³-hybridized carbons (Fsp3) is 0.692. The summed E-state index contributed by atoms with van der Waals surface area (Å²) in [5.74, 6) is 3.19. The molecule has 4 heteroatoms. The zero-order chi connectivity index (χ0) is 11.8. The predicted molar refractivity (Wildman–Crippen MR) is 62.5 cm³/mol. The zero-order valence-corrected chi connectivity index (χ0v) is 10.1. The minimum absolute atomic E-state index is 0.183. The molecule has 2 fully saturated rings. The number of hydrogen-bond acceptors (Lipinski definition) is 3. The van der Waals surface area contributed by atoms with Gasteiger partial charge in [0.25, 0.3) is 5.89 Å². The first-order chi connectivity index (χ1) is 8.24. The van der Waals surface area contributed by atoms with Gasteiger partial charge >= 0.3 is 5.91 Å². The highest BCUT2D eigenvalue weighted by atomic mass is 16.4. The number of hydrogen-bond donors (Lipinski definition) is 1. The maximum Gasteiger partial charge on any atom is 0.307 e. The third kappa shape index (κ3) is 2.21. The summed E-state index contributed by atoms with van der Waals surface area (Å²) in [7, 11) is 0. The van der Waals surface area contributed by atoms with E-state index in [4.69, 9.17) is 4.42 Å². The molecule has 2 aliphatic rings. The van der Waals surface area contributed by atoms with Crippen LogP contribution in [0.1, 0.15) is 42.1 Å². The first-order valence-electron chi connectivity index (χ1n) is 6.44. The Morgan fingerprint density at radius 1 is 1.59 bits per heavy atom. The van der Waals surface area contributed by atoms with E-state index < -0.39 is 0 Å². The van der Waals surface area contributed by atoms with Crippen LogP contribution in [0.2, 0.25) is 0 Å². The topological polar surface area (TPSA) is 55.1 Å². The lowest BCUT2D eigenvalue weighted by Crippen LogP contribution is -2.27. The molecule has 0 aliphatic heterocycles. The lowest BCUT2D eigenvalue weighted by molar-refractivity contribution is 0.0914. The van der Waals surface area contributed by atoms with Gasteiger partial charge in [0.15, 0.2) is 0 Å². The Balaban J connectivity index is 1.44. The number of nitrogens with zero attached hydrogens (tertiary/aromatic N) is 1. The van der Waals surface area contributed by atoms with E-state index in [-0.39, 0.29) is 11.8 Å². The van der Waals surface area contributed by atoms with Crippen molar-refractivity contribution in [2.75, 3.05) is 6.54 Å². The van der Waals surface area contributed by atoms with Gasteiger partial charge in [0.05, 0.1) is 6.20 Å². The van der Waals surface area contributed by atoms with Gasteiger partial charge in [0.1, 0.15) is 5.76 Å². The normalized spacial score (nSPS) is 27.6. The van der Waals surface area contributed by atoms with E-state index in [9.17, 15) is 4.79 Å². The van der Waals surface area contributed by atoms with Crippen molar-refractivity contribution in [3.05, 3.63) is 17.8 Å². The van der Waals surface area contributed by atoms with Gasteiger partial charge in [-0.1, -0.05) is 19.3 Å². The molecule has 0 spiro atoms. The summed E-state index contributed by atoms with van der Waals surface area (Å²) in [6.45, 7) is 2.57. The molecule has 0 unspecified atom stereocenters. The minimum Gasteiger partial charge on any atom is -0.438 e. The lowest BCUT2D eigenvalue weighted by atomic mass is 9.81. The summed E-state index contributed by atoms with van der Waals surface area (Å²) in [6.07, 6.45) is 7.05. The van der Waals surface area contributed by atoms with Gasteiger partial charge in [-0.25, -0.2) is 4.98 Å². The van der Waals surface area contributed by atoms with Crippen molar-refractivity contribution in [2.45, 2.75) is 32.6 Å². The van der Waals surface area contributed by atoms with Gasteiger partial charge < -0.3 is 9.73 Å². The maximum absolute atomic E-state index is 11.7. The van der Waals surface area contributed by atoms with Crippen LogP contribution in [0.4, 0.5) is 0 Å². The van der Waals surface area contributed by atoms with Crippen molar-refractivity contribution in [1.82, 2.24) is 10.3 Å². The van der Waals surface area contributed by atoms with Crippen LogP contribution in [0.5, 0.6) is 0 Å². The third-order valence-electron chi connectivity index (χ3n) is 4.07. The Kier molecular flexibility index (Phi) is 2.65. The van der Waals surface area contributed by atoms with Gasteiger partial charge in [0, 0.05) is 6.54 Å². The molecule has 0 saturated heterocycles. The largest absolute Gasteiger partial charge is 0.438 e. The number of aromatic nitrogens is 1. The van der Waals surface area contributed by atoms with Crippen molar-refractivity contribution < 1.29 is 9.21 Å². The Morgan fingerprint density at radius 2 is 2.41 bits per heavy atom. The van der Waals surface area contributed by atoms with Gasteiger partial charge in [-0.15, -0.1) is 0 Å². The molecule has 1 aromatic heterocycles. The molecule has 0 bridgehead atoms. The smallest absolute Gasteiger partial charge is 0.307 e. The van der Waals surface area contributed by atoms with Gasteiger partial charge in [-0.3, -0.25) is 4.79 Å². The number of carbonyl (C=O) groups excluding carboxylic acids is 1. The summed E-state index contributed by atoms with van der Waals surface area (Å²) in [4.78, 5) is 15.6. The quantitative estimate of drug-likeness (QED) is 0.868. The molecule has 0 aromatic carbocycles. The molecule has 2 saturated carbocycles. The van der Waals surface area contributed by atoms with E-state index in [1.54, 1.807) is 13.1 Å². The number of carbonyl (C=O) groups is 1. The van der Waals surface area contributed by atoms with E-state index in [1.165, 1.54) is 25.7 Å². The van der Waals surface area contributed by atoms with Crippen LogP contribution in [-0.2, 0) is 0 Å². The highest BCUT2D eigenvalue weighted by Gasteiger charge is 2.44. The first-order valence-corrected chi connectivity index (χ1v) is 6.44. The standard InChI is InChI=1S/C13H18N2O2/c1-8-6-15-13(17-8)12(16)14-7-10-5-11(10)9-3-2-4-9/h6,9-11H,2-5,7H2,1H3,(H,14,16)/t10-,11-/m0/s1. The fourth-order valence-corrected chi connectivity index (χ4v) is 2.71. The molecule has 1 heterocycles. The van der Waals surface area contributed by atoms with Crippen molar-refractivity contribution in [1.29, 1.82) is 0 Å². The van der Waals surface area contributed by atoms with Gasteiger partial charge in [-0.05, 0) is 31.1 Å². The van der Waals surface area contributed by atoms with Crippen LogP contribution in [-0.4, -0.2) is 17.4 Å². The van der Waals surface area contributed by atoms with Crippen LogP contribution in [0.15, 0.2) is 10.6 Å². The highest BCUT2D eigenvalue weighted by Crippen LogP contribution is 2.51. The molecule has 2 aliphatic carbocycles. The molecule has 0 radical (unpaired) electrons. The molecule has 2 atom stereocenters. The zero-order valence-electron chi connectivity index (χ0n) is 10.1. The number of nitrogens with one attached hydrogen (secondary N) is 1.